The molecule has 2 atom stereocenters. The van der Waals surface area contributed by atoms with Crippen molar-refractivity contribution in [3.8, 4) is 0 Å². The summed E-state index contributed by atoms with van der Waals surface area (Å²) in [5, 5.41) is 14.9. The number of aliphatic hydroxyl groups excluding tert-OH is 1. The minimum Gasteiger partial charge on any atom is -0.396 e. The van der Waals surface area contributed by atoms with Gasteiger partial charge in [0, 0.05) is 23.8 Å². The van der Waals surface area contributed by atoms with Crippen molar-refractivity contribution in [1.29, 1.82) is 0 Å². The molecule has 0 aliphatic rings. The van der Waals surface area contributed by atoms with Gasteiger partial charge in [0.1, 0.15) is 0 Å². The van der Waals surface area contributed by atoms with E-state index in [0.29, 0.717) is 5.75 Å². The van der Waals surface area contributed by atoms with Gasteiger partial charge in [0.25, 0.3) is 0 Å². The van der Waals surface area contributed by atoms with Gasteiger partial charge in [0.2, 0.25) is 5.91 Å². The monoisotopic (exact) mass is 288 g/mol. The quantitative estimate of drug-likeness (QED) is 0.803. The Labute approximate surface area is 116 Å². The van der Waals surface area contributed by atoms with Crippen LogP contribution in [-0.2, 0) is 10.5 Å². The molecule has 0 aliphatic carbocycles. The fourth-order valence-electron chi connectivity index (χ4n) is 1.32. The van der Waals surface area contributed by atoms with Crippen molar-refractivity contribution < 1.29 is 9.90 Å². The number of aryl methyl sites for hydroxylation is 1. The topological polar surface area (TPSA) is 62.2 Å². The van der Waals surface area contributed by atoms with Gasteiger partial charge in [-0.1, -0.05) is 6.92 Å². The van der Waals surface area contributed by atoms with Crippen LogP contribution in [0.1, 0.15) is 24.5 Å². The molecule has 0 aliphatic heterocycles. The van der Waals surface area contributed by atoms with Crippen LogP contribution >= 0.6 is 23.1 Å². The lowest BCUT2D eigenvalue weighted by Crippen LogP contribution is -2.39. The molecule has 1 rings (SSSR count). The fraction of sp³-hybridized carbons (Fsp3) is 0.667. The number of hydrogen-bond acceptors (Lipinski definition) is 5. The van der Waals surface area contributed by atoms with Crippen molar-refractivity contribution in [1.82, 2.24) is 10.3 Å². The van der Waals surface area contributed by atoms with Crippen molar-refractivity contribution in [2.24, 2.45) is 5.92 Å². The average Bonchev–Trinajstić information content (AvgIpc) is 2.73. The molecule has 102 valence electrons. The first-order chi connectivity index (χ1) is 8.52. The lowest BCUT2D eigenvalue weighted by Gasteiger charge is -2.18. The molecule has 0 fully saturated rings. The van der Waals surface area contributed by atoms with E-state index in [-0.39, 0.29) is 24.5 Å². The molecule has 1 aromatic heterocycles. The van der Waals surface area contributed by atoms with E-state index < -0.39 is 0 Å². The number of hydrogen-bond donors (Lipinski definition) is 2. The second kappa shape index (κ2) is 7.76. The first-order valence-electron chi connectivity index (χ1n) is 5.92. The van der Waals surface area contributed by atoms with E-state index in [2.05, 4.69) is 10.3 Å². The number of nitrogens with zero attached hydrogens (tertiary/aromatic N) is 1. The molecule has 0 bridgehead atoms. The Hall–Kier alpha value is -0.590. The Balaban J connectivity index is 2.21. The molecule has 0 saturated carbocycles. The summed E-state index contributed by atoms with van der Waals surface area (Å²) in [5.74, 6) is 1.29. The molecule has 2 N–H and O–H groups in total. The molecule has 0 saturated heterocycles. The van der Waals surface area contributed by atoms with Gasteiger partial charge in [0.05, 0.1) is 16.5 Å². The van der Waals surface area contributed by atoms with Crippen LogP contribution in [0.3, 0.4) is 0 Å². The van der Waals surface area contributed by atoms with Crippen LogP contribution in [0, 0.1) is 12.8 Å². The lowest BCUT2D eigenvalue weighted by atomic mass is 10.1. The Morgan fingerprint density at radius 3 is 2.89 bits per heavy atom. The van der Waals surface area contributed by atoms with E-state index in [0.717, 1.165) is 16.5 Å². The van der Waals surface area contributed by atoms with Gasteiger partial charge in [-0.05, 0) is 19.8 Å². The molecule has 1 aromatic rings. The SMILES string of the molecule is Cc1nc(CSCC(=O)NC(C)C(C)CO)cs1. The van der Waals surface area contributed by atoms with Gasteiger partial charge in [-0.2, -0.15) is 0 Å². The van der Waals surface area contributed by atoms with Crippen LogP contribution in [0.2, 0.25) is 0 Å². The van der Waals surface area contributed by atoms with Crippen molar-refractivity contribution in [3.05, 3.63) is 16.1 Å². The maximum Gasteiger partial charge on any atom is 0.230 e. The molecule has 2 unspecified atom stereocenters. The zero-order valence-corrected chi connectivity index (χ0v) is 12.6. The smallest absolute Gasteiger partial charge is 0.230 e. The summed E-state index contributed by atoms with van der Waals surface area (Å²) < 4.78 is 0. The number of carbonyl (C=O) groups excluding carboxylic acids is 1. The second-order valence-electron chi connectivity index (χ2n) is 4.37. The van der Waals surface area contributed by atoms with Crippen LogP contribution in [-0.4, -0.2) is 34.4 Å². The highest BCUT2D eigenvalue weighted by atomic mass is 32.2. The summed E-state index contributed by atoms with van der Waals surface area (Å²) in [4.78, 5) is 16.0. The summed E-state index contributed by atoms with van der Waals surface area (Å²) in [6.07, 6.45) is 0. The van der Waals surface area contributed by atoms with Crippen LogP contribution in [0.4, 0.5) is 0 Å². The van der Waals surface area contributed by atoms with Crippen LogP contribution in [0.15, 0.2) is 5.38 Å². The number of rotatable bonds is 7. The number of carbonyl (C=O) groups is 1. The van der Waals surface area contributed by atoms with E-state index in [1.54, 1.807) is 23.1 Å². The van der Waals surface area contributed by atoms with Crippen molar-refractivity contribution in [2.75, 3.05) is 12.4 Å². The van der Waals surface area contributed by atoms with E-state index in [1.165, 1.54) is 0 Å². The molecule has 0 radical (unpaired) electrons. The van der Waals surface area contributed by atoms with Crippen LogP contribution in [0.25, 0.3) is 0 Å². The minimum absolute atomic E-state index is 0.00427. The molecule has 1 heterocycles. The molecule has 0 aromatic carbocycles. The van der Waals surface area contributed by atoms with Gasteiger partial charge in [-0.25, -0.2) is 4.98 Å². The van der Waals surface area contributed by atoms with Crippen molar-refractivity contribution >= 4 is 29.0 Å². The summed E-state index contributed by atoms with van der Waals surface area (Å²) in [5.41, 5.74) is 1.03. The summed E-state index contributed by atoms with van der Waals surface area (Å²) in [7, 11) is 0. The predicted octanol–water partition coefficient (Wildman–Crippen LogP) is 1.82. The van der Waals surface area contributed by atoms with E-state index >= 15 is 0 Å². The number of thiazole rings is 1. The highest BCUT2D eigenvalue weighted by Gasteiger charge is 2.13. The third-order valence-electron chi connectivity index (χ3n) is 2.68. The Kier molecular flexibility index (Phi) is 6.67. The van der Waals surface area contributed by atoms with Crippen LogP contribution in [0.5, 0.6) is 0 Å². The highest BCUT2D eigenvalue weighted by molar-refractivity contribution is 7.99. The Bertz CT molecular complexity index is 382. The second-order valence-corrected chi connectivity index (χ2v) is 6.41. The third kappa shape index (κ3) is 5.37. The first kappa shape index (κ1) is 15.5. The maximum absolute atomic E-state index is 11.6. The molecular weight excluding hydrogens is 268 g/mol. The van der Waals surface area contributed by atoms with E-state index in [9.17, 15) is 4.79 Å². The summed E-state index contributed by atoms with van der Waals surface area (Å²) in [6.45, 7) is 5.89. The molecule has 18 heavy (non-hydrogen) atoms. The minimum atomic E-state index is 0.00427. The number of thioether (sulfide) groups is 1. The Morgan fingerprint density at radius 1 is 1.61 bits per heavy atom. The van der Waals surface area contributed by atoms with Crippen LogP contribution < -0.4 is 5.32 Å². The van der Waals surface area contributed by atoms with Gasteiger partial charge in [-0.15, -0.1) is 23.1 Å². The molecule has 0 spiro atoms. The van der Waals surface area contributed by atoms with Gasteiger partial charge in [-0.3, -0.25) is 4.79 Å². The Morgan fingerprint density at radius 2 is 2.33 bits per heavy atom. The maximum atomic E-state index is 11.6. The number of amides is 1. The van der Waals surface area contributed by atoms with E-state index in [1.807, 2.05) is 26.2 Å². The molecule has 4 nitrogen and oxygen atoms in total. The van der Waals surface area contributed by atoms with Gasteiger partial charge in [0.15, 0.2) is 0 Å². The largest absolute Gasteiger partial charge is 0.396 e. The van der Waals surface area contributed by atoms with Gasteiger partial charge < -0.3 is 10.4 Å². The average molecular weight is 288 g/mol. The summed E-state index contributed by atoms with van der Waals surface area (Å²) >= 11 is 3.19. The third-order valence-corrected chi connectivity index (χ3v) is 4.47. The normalized spacial score (nSPS) is 14.2. The van der Waals surface area contributed by atoms with Gasteiger partial charge >= 0.3 is 0 Å². The summed E-state index contributed by atoms with van der Waals surface area (Å²) in [6, 6.07) is 0.00427. The number of nitrogens with one attached hydrogen (secondary N) is 1. The molecular formula is C12H20N2O2S2. The predicted molar refractivity (Wildman–Crippen MR) is 76.9 cm³/mol. The number of aliphatic hydroxyl groups is 1. The van der Waals surface area contributed by atoms with Crippen molar-refractivity contribution in [3.63, 3.8) is 0 Å². The van der Waals surface area contributed by atoms with E-state index in [4.69, 9.17) is 5.11 Å². The lowest BCUT2D eigenvalue weighted by molar-refractivity contribution is -0.119. The standard InChI is InChI=1S/C12H20N2O2S2/c1-8(4-15)9(2)13-12(16)7-17-5-11-6-18-10(3)14-11/h6,8-9,15H,4-5,7H2,1-3H3,(H,13,16). The zero-order chi connectivity index (χ0) is 13.5. The molecule has 6 heteroatoms. The van der Waals surface area contributed by atoms with Crippen molar-refractivity contribution in [2.45, 2.75) is 32.6 Å². The molecule has 1 amide bonds. The fourth-order valence-corrected chi connectivity index (χ4v) is 2.76. The first-order valence-corrected chi connectivity index (χ1v) is 7.95. The highest BCUT2D eigenvalue weighted by Crippen LogP contribution is 2.15. The zero-order valence-electron chi connectivity index (χ0n) is 11.0. The number of aromatic nitrogens is 1.